The van der Waals surface area contributed by atoms with E-state index in [0.717, 1.165) is 34.9 Å². The van der Waals surface area contributed by atoms with Crippen LogP contribution in [0.3, 0.4) is 0 Å². The Morgan fingerprint density at radius 3 is 2.74 bits per heavy atom. The number of furan rings is 1. The minimum Gasteiger partial charge on any atom is -0.464 e. The van der Waals surface area contributed by atoms with Crippen LogP contribution in [0.15, 0.2) is 22.8 Å². The standard InChI is InChI=1S/C19H24N2O2/c1-11-3-6-17-13(10-23-19(17)12(11)2)7-18(22)21-16-8-14-4-5-15(9-16)20-14/h3,6,10,14-16,20H,4-5,7-9H2,1-2H3,(H,21,22). The molecule has 0 aliphatic carbocycles. The fourth-order valence-corrected chi connectivity index (χ4v) is 4.15. The zero-order chi connectivity index (χ0) is 16.0. The molecule has 2 saturated heterocycles. The van der Waals surface area contributed by atoms with Gasteiger partial charge in [-0.2, -0.15) is 0 Å². The van der Waals surface area contributed by atoms with Gasteiger partial charge in [0, 0.05) is 29.1 Å². The molecule has 3 heterocycles. The molecule has 4 nitrogen and oxygen atoms in total. The highest BCUT2D eigenvalue weighted by molar-refractivity contribution is 5.89. The second-order valence-electron chi connectivity index (χ2n) is 7.20. The Kier molecular flexibility index (Phi) is 3.64. The van der Waals surface area contributed by atoms with Crippen LogP contribution in [0.25, 0.3) is 11.0 Å². The fraction of sp³-hybridized carbons (Fsp3) is 0.526. The predicted octanol–water partition coefficient (Wildman–Crippen LogP) is 2.99. The quantitative estimate of drug-likeness (QED) is 0.916. The molecule has 4 heteroatoms. The molecule has 0 saturated carbocycles. The minimum absolute atomic E-state index is 0.109. The minimum atomic E-state index is 0.109. The maximum Gasteiger partial charge on any atom is 0.224 e. The van der Waals surface area contributed by atoms with Gasteiger partial charge in [0.05, 0.1) is 12.7 Å². The van der Waals surface area contributed by atoms with Gasteiger partial charge in [-0.3, -0.25) is 4.79 Å². The van der Waals surface area contributed by atoms with E-state index >= 15 is 0 Å². The third-order valence-electron chi connectivity index (χ3n) is 5.53. The summed E-state index contributed by atoms with van der Waals surface area (Å²) in [5.41, 5.74) is 4.27. The van der Waals surface area contributed by atoms with Crippen LogP contribution in [-0.4, -0.2) is 24.0 Å². The molecule has 0 radical (unpaired) electrons. The van der Waals surface area contributed by atoms with E-state index in [0.29, 0.717) is 24.5 Å². The van der Waals surface area contributed by atoms with Crippen LogP contribution in [-0.2, 0) is 11.2 Å². The van der Waals surface area contributed by atoms with Crippen molar-refractivity contribution in [1.29, 1.82) is 0 Å². The first kappa shape index (κ1) is 14.8. The number of nitrogens with one attached hydrogen (secondary N) is 2. The van der Waals surface area contributed by atoms with Crippen molar-refractivity contribution in [3.05, 3.63) is 35.1 Å². The normalized spacial score (nSPS) is 26.6. The number of carbonyl (C=O) groups is 1. The number of fused-ring (bicyclic) bond motifs is 3. The summed E-state index contributed by atoms with van der Waals surface area (Å²) in [7, 11) is 0. The number of amides is 1. The number of rotatable bonds is 3. The number of carbonyl (C=O) groups excluding carboxylic acids is 1. The lowest BCUT2D eigenvalue weighted by atomic mass is 9.99. The van der Waals surface area contributed by atoms with E-state index in [1.807, 2.05) is 0 Å². The molecule has 2 unspecified atom stereocenters. The zero-order valence-electron chi connectivity index (χ0n) is 13.8. The third kappa shape index (κ3) is 2.76. The Morgan fingerprint density at radius 1 is 1.26 bits per heavy atom. The average molecular weight is 312 g/mol. The van der Waals surface area contributed by atoms with Crippen molar-refractivity contribution < 1.29 is 9.21 Å². The Bertz CT molecular complexity index is 737. The van der Waals surface area contributed by atoms with E-state index in [4.69, 9.17) is 4.42 Å². The molecule has 2 aliphatic heterocycles. The van der Waals surface area contributed by atoms with Crippen molar-refractivity contribution >= 4 is 16.9 Å². The molecule has 2 aromatic rings. The van der Waals surface area contributed by atoms with Gasteiger partial charge in [0.1, 0.15) is 5.58 Å². The number of benzene rings is 1. The van der Waals surface area contributed by atoms with Crippen molar-refractivity contribution in [3.63, 3.8) is 0 Å². The summed E-state index contributed by atoms with van der Waals surface area (Å²) in [5, 5.41) is 7.90. The molecule has 0 spiro atoms. The van der Waals surface area contributed by atoms with Gasteiger partial charge < -0.3 is 15.1 Å². The van der Waals surface area contributed by atoms with Crippen LogP contribution < -0.4 is 10.6 Å². The lowest BCUT2D eigenvalue weighted by Crippen LogP contribution is -2.48. The van der Waals surface area contributed by atoms with E-state index in [-0.39, 0.29) is 5.91 Å². The summed E-state index contributed by atoms with van der Waals surface area (Å²) in [5.74, 6) is 0.109. The topological polar surface area (TPSA) is 54.3 Å². The molecular weight excluding hydrogens is 288 g/mol. The second kappa shape index (κ2) is 5.68. The lowest BCUT2D eigenvalue weighted by molar-refractivity contribution is -0.121. The van der Waals surface area contributed by atoms with Crippen molar-refractivity contribution in [2.75, 3.05) is 0 Å². The zero-order valence-corrected chi connectivity index (χ0v) is 13.8. The summed E-state index contributed by atoms with van der Waals surface area (Å²) < 4.78 is 5.71. The molecule has 122 valence electrons. The van der Waals surface area contributed by atoms with Gasteiger partial charge in [0.2, 0.25) is 5.91 Å². The van der Waals surface area contributed by atoms with Crippen LogP contribution in [0, 0.1) is 13.8 Å². The predicted molar refractivity (Wildman–Crippen MR) is 90.5 cm³/mol. The highest BCUT2D eigenvalue weighted by atomic mass is 16.3. The Morgan fingerprint density at radius 2 is 2.00 bits per heavy atom. The molecule has 23 heavy (non-hydrogen) atoms. The van der Waals surface area contributed by atoms with Crippen LogP contribution in [0.1, 0.15) is 42.4 Å². The van der Waals surface area contributed by atoms with Crippen LogP contribution in [0.4, 0.5) is 0 Å². The fourth-order valence-electron chi connectivity index (χ4n) is 4.15. The molecule has 2 aliphatic rings. The van der Waals surface area contributed by atoms with Crippen molar-refractivity contribution in [2.45, 2.75) is 64.1 Å². The van der Waals surface area contributed by atoms with Gasteiger partial charge in [-0.15, -0.1) is 0 Å². The summed E-state index contributed by atoms with van der Waals surface area (Å²) >= 11 is 0. The molecule has 2 N–H and O–H groups in total. The van der Waals surface area contributed by atoms with E-state index in [1.54, 1.807) is 6.26 Å². The smallest absolute Gasteiger partial charge is 0.224 e. The second-order valence-corrected chi connectivity index (χ2v) is 7.20. The summed E-state index contributed by atoms with van der Waals surface area (Å²) in [6, 6.07) is 5.68. The lowest BCUT2D eigenvalue weighted by Gasteiger charge is -2.29. The number of hydrogen-bond donors (Lipinski definition) is 2. The van der Waals surface area contributed by atoms with Gasteiger partial charge in [-0.05, 0) is 50.7 Å². The Labute approximate surface area is 136 Å². The Balaban J connectivity index is 1.46. The highest BCUT2D eigenvalue weighted by Gasteiger charge is 2.34. The summed E-state index contributed by atoms with van der Waals surface area (Å²) in [6.45, 7) is 4.14. The van der Waals surface area contributed by atoms with Crippen LogP contribution in [0.2, 0.25) is 0 Å². The van der Waals surface area contributed by atoms with Gasteiger partial charge in [-0.1, -0.05) is 12.1 Å². The molecule has 2 fully saturated rings. The first-order valence-corrected chi connectivity index (χ1v) is 8.62. The van der Waals surface area contributed by atoms with Crippen LogP contribution in [0.5, 0.6) is 0 Å². The largest absolute Gasteiger partial charge is 0.464 e. The monoisotopic (exact) mass is 312 g/mol. The van der Waals surface area contributed by atoms with Crippen LogP contribution >= 0.6 is 0 Å². The average Bonchev–Trinajstić information content (AvgIpc) is 3.07. The van der Waals surface area contributed by atoms with Gasteiger partial charge >= 0.3 is 0 Å². The first-order chi connectivity index (χ1) is 11.1. The van der Waals surface area contributed by atoms with Gasteiger partial charge in [0.25, 0.3) is 0 Å². The molecular formula is C19H24N2O2. The molecule has 1 amide bonds. The summed E-state index contributed by atoms with van der Waals surface area (Å²) in [6.07, 6.45) is 6.76. The number of aryl methyl sites for hydroxylation is 2. The molecule has 4 rings (SSSR count). The number of piperidine rings is 1. The Hall–Kier alpha value is -1.81. The van der Waals surface area contributed by atoms with Crippen molar-refractivity contribution in [3.8, 4) is 0 Å². The molecule has 1 aromatic carbocycles. The maximum atomic E-state index is 12.4. The summed E-state index contributed by atoms with van der Waals surface area (Å²) in [4.78, 5) is 12.4. The molecule has 2 atom stereocenters. The molecule has 2 bridgehead atoms. The first-order valence-electron chi connectivity index (χ1n) is 8.62. The van der Waals surface area contributed by atoms with Crippen molar-refractivity contribution in [2.24, 2.45) is 0 Å². The SMILES string of the molecule is Cc1ccc2c(CC(=O)NC3CC4CCC(C3)N4)coc2c1C. The van der Waals surface area contributed by atoms with E-state index < -0.39 is 0 Å². The third-order valence-corrected chi connectivity index (χ3v) is 5.53. The number of hydrogen-bond acceptors (Lipinski definition) is 3. The van der Waals surface area contributed by atoms with Crippen molar-refractivity contribution in [1.82, 2.24) is 10.6 Å². The molecule has 1 aromatic heterocycles. The van der Waals surface area contributed by atoms with Gasteiger partial charge in [-0.25, -0.2) is 0 Å². The van der Waals surface area contributed by atoms with E-state index in [1.165, 1.54) is 18.4 Å². The highest BCUT2D eigenvalue weighted by Crippen LogP contribution is 2.28. The van der Waals surface area contributed by atoms with Gasteiger partial charge in [0.15, 0.2) is 0 Å². The van der Waals surface area contributed by atoms with E-state index in [2.05, 4.69) is 36.6 Å². The van der Waals surface area contributed by atoms with E-state index in [9.17, 15) is 4.79 Å². The maximum absolute atomic E-state index is 12.4.